The molecule has 0 saturated heterocycles. The Morgan fingerprint density at radius 3 is 2.00 bits per heavy atom. The lowest BCUT2D eigenvalue weighted by Gasteiger charge is -2.17. The highest BCUT2D eigenvalue weighted by Gasteiger charge is 2.21. The minimum Gasteiger partial charge on any atom is -0.462 e. The number of ether oxygens (including phenoxy) is 2. The normalized spacial score (nSPS) is 11.8. The van der Waals surface area contributed by atoms with Crippen LogP contribution in [0.2, 0.25) is 0 Å². The van der Waals surface area contributed by atoms with Gasteiger partial charge in [-0.25, -0.2) is 9.59 Å². The highest BCUT2D eigenvalue weighted by Crippen LogP contribution is 2.17. The Balaban J connectivity index is 2.55. The van der Waals surface area contributed by atoms with Crippen LogP contribution in [-0.4, -0.2) is 24.6 Å². The molecule has 0 heterocycles. The Morgan fingerprint density at radius 1 is 0.786 bits per heavy atom. The lowest BCUT2D eigenvalue weighted by molar-refractivity contribution is 0.0258. The zero-order valence-corrected chi connectivity index (χ0v) is 18.0. The van der Waals surface area contributed by atoms with Crippen LogP contribution in [0.3, 0.4) is 0 Å². The van der Waals surface area contributed by atoms with Gasteiger partial charge >= 0.3 is 11.9 Å². The predicted molar refractivity (Wildman–Crippen MR) is 114 cm³/mol. The molecule has 1 aromatic carbocycles. The highest BCUT2D eigenvalue weighted by atomic mass is 16.5. The molecule has 0 N–H and O–H groups in total. The summed E-state index contributed by atoms with van der Waals surface area (Å²) in [6.45, 7) is 6.76. The topological polar surface area (TPSA) is 52.6 Å². The largest absolute Gasteiger partial charge is 0.462 e. The molecule has 0 spiro atoms. The third-order valence-electron chi connectivity index (χ3n) is 4.96. The van der Waals surface area contributed by atoms with Gasteiger partial charge in [-0.1, -0.05) is 77.8 Å². The molecule has 28 heavy (non-hydrogen) atoms. The van der Waals surface area contributed by atoms with Crippen molar-refractivity contribution < 1.29 is 19.1 Å². The van der Waals surface area contributed by atoms with Crippen LogP contribution >= 0.6 is 0 Å². The van der Waals surface area contributed by atoms with Crippen LogP contribution in [0.25, 0.3) is 0 Å². The maximum absolute atomic E-state index is 12.6. The van der Waals surface area contributed by atoms with Crippen molar-refractivity contribution in [1.29, 1.82) is 0 Å². The first-order valence-electron chi connectivity index (χ1n) is 11.1. The molecule has 4 heteroatoms. The van der Waals surface area contributed by atoms with Crippen molar-refractivity contribution in [3.63, 3.8) is 0 Å². The number of carbonyl (C=O) groups excluding carboxylic acids is 2. The van der Waals surface area contributed by atoms with Crippen LogP contribution in [-0.2, 0) is 9.47 Å². The maximum atomic E-state index is 12.6. The van der Waals surface area contributed by atoms with E-state index in [1.54, 1.807) is 24.3 Å². The third kappa shape index (κ3) is 9.38. The molecule has 1 rings (SSSR count). The average molecular weight is 391 g/mol. The number of esters is 2. The Labute approximate surface area is 171 Å². The SMILES string of the molecule is CCCCCCCCOC(=O)c1ccccc1C(=O)OC(CC)CCCCC. The third-order valence-corrected chi connectivity index (χ3v) is 4.96. The van der Waals surface area contributed by atoms with E-state index in [0.717, 1.165) is 44.9 Å². The lowest BCUT2D eigenvalue weighted by atomic mass is 10.1. The smallest absolute Gasteiger partial charge is 0.339 e. The van der Waals surface area contributed by atoms with E-state index in [9.17, 15) is 9.59 Å². The number of hydrogen-bond acceptors (Lipinski definition) is 4. The summed E-state index contributed by atoms with van der Waals surface area (Å²) in [4.78, 5) is 25.1. The van der Waals surface area contributed by atoms with Gasteiger partial charge in [-0.3, -0.25) is 0 Å². The molecule has 0 saturated carbocycles. The molecule has 1 aromatic rings. The van der Waals surface area contributed by atoms with Gasteiger partial charge in [0, 0.05) is 0 Å². The minimum absolute atomic E-state index is 0.105. The van der Waals surface area contributed by atoms with Gasteiger partial charge in [0.15, 0.2) is 0 Å². The van der Waals surface area contributed by atoms with Crippen LogP contribution in [0.5, 0.6) is 0 Å². The van der Waals surface area contributed by atoms with Gasteiger partial charge in [-0.15, -0.1) is 0 Å². The van der Waals surface area contributed by atoms with Crippen molar-refractivity contribution >= 4 is 11.9 Å². The van der Waals surface area contributed by atoms with Crippen LogP contribution in [0, 0.1) is 0 Å². The van der Waals surface area contributed by atoms with Gasteiger partial charge in [0.1, 0.15) is 6.10 Å². The zero-order valence-electron chi connectivity index (χ0n) is 18.0. The van der Waals surface area contributed by atoms with E-state index < -0.39 is 11.9 Å². The number of benzene rings is 1. The minimum atomic E-state index is -0.444. The summed E-state index contributed by atoms with van der Waals surface area (Å²) >= 11 is 0. The Hall–Kier alpha value is -1.84. The van der Waals surface area contributed by atoms with E-state index in [2.05, 4.69) is 13.8 Å². The van der Waals surface area contributed by atoms with Gasteiger partial charge < -0.3 is 9.47 Å². The van der Waals surface area contributed by atoms with Gasteiger partial charge in [0.05, 0.1) is 17.7 Å². The second-order valence-electron chi connectivity index (χ2n) is 7.38. The van der Waals surface area contributed by atoms with E-state index in [1.165, 1.54) is 25.7 Å². The van der Waals surface area contributed by atoms with Crippen molar-refractivity contribution in [3.05, 3.63) is 35.4 Å². The second-order valence-corrected chi connectivity index (χ2v) is 7.38. The van der Waals surface area contributed by atoms with E-state index in [-0.39, 0.29) is 6.10 Å². The molecule has 0 fully saturated rings. The fourth-order valence-corrected chi connectivity index (χ4v) is 3.15. The van der Waals surface area contributed by atoms with E-state index >= 15 is 0 Å². The van der Waals surface area contributed by atoms with Crippen molar-refractivity contribution in [2.75, 3.05) is 6.61 Å². The number of rotatable bonds is 15. The first-order chi connectivity index (χ1) is 13.6. The van der Waals surface area contributed by atoms with Gasteiger partial charge in [0.25, 0.3) is 0 Å². The number of carbonyl (C=O) groups is 2. The monoisotopic (exact) mass is 390 g/mol. The molecule has 0 bridgehead atoms. The Morgan fingerprint density at radius 2 is 1.36 bits per heavy atom. The first-order valence-corrected chi connectivity index (χ1v) is 11.1. The molecule has 0 aliphatic carbocycles. The maximum Gasteiger partial charge on any atom is 0.339 e. The molecular formula is C24H38O4. The summed E-state index contributed by atoms with van der Waals surface area (Å²) in [6, 6.07) is 6.77. The number of unbranched alkanes of at least 4 members (excludes halogenated alkanes) is 7. The van der Waals surface area contributed by atoms with Crippen LogP contribution < -0.4 is 0 Å². The van der Waals surface area contributed by atoms with Gasteiger partial charge in [-0.2, -0.15) is 0 Å². The van der Waals surface area contributed by atoms with Crippen molar-refractivity contribution in [2.45, 2.75) is 97.5 Å². The summed E-state index contributed by atoms with van der Waals surface area (Å²) in [5.41, 5.74) is 0.589. The molecule has 0 amide bonds. The van der Waals surface area contributed by atoms with Gasteiger partial charge in [-0.05, 0) is 37.8 Å². The standard InChI is InChI=1S/C24H38O4/c1-4-7-9-10-11-15-19-27-23(25)21-17-13-14-18-22(21)24(26)28-20(6-3)16-12-8-5-2/h13-14,17-18,20H,4-12,15-16,19H2,1-3H3. The van der Waals surface area contributed by atoms with Crippen LogP contribution in [0.1, 0.15) is 112 Å². The summed E-state index contributed by atoms with van der Waals surface area (Å²) in [6.07, 6.45) is 11.7. The summed E-state index contributed by atoms with van der Waals surface area (Å²) < 4.78 is 11.0. The Kier molecular flexibility index (Phi) is 13.1. The average Bonchev–Trinajstić information content (AvgIpc) is 2.72. The molecule has 1 unspecified atom stereocenters. The quantitative estimate of drug-likeness (QED) is 0.246. The summed E-state index contributed by atoms with van der Waals surface area (Å²) in [7, 11) is 0. The molecule has 0 aliphatic heterocycles. The number of hydrogen-bond donors (Lipinski definition) is 0. The summed E-state index contributed by atoms with van der Waals surface area (Å²) in [5.74, 6) is -0.879. The van der Waals surface area contributed by atoms with E-state index in [4.69, 9.17) is 9.47 Å². The van der Waals surface area contributed by atoms with Crippen LogP contribution in [0.15, 0.2) is 24.3 Å². The van der Waals surface area contributed by atoms with E-state index in [0.29, 0.717) is 17.7 Å². The zero-order chi connectivity index (χ0) is 20.6. The van der Waals surface area contributed by atoms with E-state index in [1.807, 2.05) is 6.92 Å². The van der Waals surface area contributed by atoms with Crippen molar-refractivity contribution in [1.82, 2.24) is 0 Å². The predicted octanol–water partition coefficient (Wildman–Crippen LogP) is 6.72. The van der Waals surface area contributed by atoms with Crippen LogP contribution in [0.4, 0.5) is 0 Å². The first kappa shape index (κ1) is 24.2. The van der Waals surface area contributed by atoms with Crippen molar-refractivity contribution in [3.8, 4) is 0 Å². The molecule has 0 aliphatic rings. The molecular weight excluding hydrogens is 352 g/mol. The second kappa shape index (κ2) is 15.1. The molecule has 158 valence electrons. The van der Waals surface area contributed by atoms with Crippen molar-refractivity contribution in [2.24, 2.45) is 0 Å². The molecule has 4 nitrogen and oxygen atoms in total. The highest BCUT2D eigenvalue weighted by molar-refractivity contribution is 6.03. The van der Waals surface area contributed by atoms with Gasteiger partial charge in [0.2, 0.25) is 0 Å². The Bertz CT molecular complexity index is 567. The lowest BCUT2D eigenvalue weighted by Crippen LogP contribution is -2.20. The fourth-order valence-electron chi connectivity index (χ4n) is 3.15. The molecule has 0 aromatic heterocycles. The molecule has 0 radical (unpaired) electrons. The summed E-state index contributed by atoms with van der Waals surface area (Å²) in [5, 5.41) is 0. The fraction of sp³-hybridized carbons (Fsp3) is 0.667. The molecule has 1 atom stereocenters.